The van der Waals surface area contributed by atoms with Crippen LogP contribution in [0.5, 0.6) is 0 Å². The first-order valence-electron chi connectivity index (χ1n) is 10.2. The fourth-order valence-corrected chi connectivity index (χ4v) is 4.26. The average Bonchev–Trinajstić information content (AvgIpc) is 3.36. The van der Waals surface area contributed by atoms with E-state index in [1.807, 2.05) is 0 Å². The average molecular weight is 461 g/mol. The lowest BCUT2D eigenvalue weighted by atomic mass is 10.1. The maximum absolute atomic E-state index is 13.3. The Labute approximate surface area is 190 Å². The van der Waals surface area contributed by atoms with Gasteiger partial charge in [0.1, 0.15) is 6.04 Å². The van der Waals surface area contributed by atoms with Gasteiger partial charge in [0, 0.05) is 23.2 Å². The van der Waals surface area contributed by atoms with Crippen LogP contribution in [0.2, 0.25) is 10.0 Å². The Hall–Kier alpha value is -2.41. The zero-order valence-corrected chi connectivity index (χ0v) is 18.3. The van der Waals surface area contributed by atoms with Crippen molar-refractivity contribution in [1.29, 1.82) is 0 Å². The van der Waals surface area contributed by atoms with Gasteiger partial charge in [-0.1, -0.05) is 35.3 Å². The van der Waals surface area contributed by atoms with Gasteiger partial charge in [0.25, 0.3) is 5.91 Å². The molecule has 2 saturated heterocycles. The normalized spacial score (nSPS) is 21.0. The van der Waals surface area contributed by atoms with E-state index in [1.165, 1.54) is 4.90 Å². The van der Waals surface area contributed by atoms with Crippen molar-refractivity contribution in [2.45, 2.75) is 37.8 Å². The molecule has 4 rings (SSSR count). The number of ether oxygens (including phenoxy) is 1. The lowest BCUT2D eigenvalue weighted by molar-refractivity contribution is -0.139. The molecule has 2 unspecified atom stereocenters. The van der Waals surface area contributed by atoms with Crippen molar-refractivity contribution >= 4 is 46.6 Å². The number of benzene rings is 2. The van der Waals surface area contributed by atoms with E-state index in [-0.39, 0.29) is 37.3 Å². The molecular formula is C23H22Cl2N2O4. The molecule has 162 valence electrons. The quantitative estimate of drug-likeness (QED) is 0.613. The number of rotatable bonds is 6. The Kier molecular flexibility index (Phi) is 6.60. The number of carbonyl (C=O) groups is 3. The molecule has 0 saturated carbocycles. The number of hydrogen-bond acceptors (Lipinski definition) is 4. The van der Waals surface area contributed by atoms with Crippen molar-refractivity contribution < 1.29 is 19.1 Å². The number of amides is 3. The second-order valence-corrected chi connectivity index (χ2v) is 8.62. The Morgan fingerprint density at radius 1 is 1.03 bits per heavy atom. The first kappa shape index (κ1) is 21.8. The lowest BCUT2D eigenvalue weighted by Gasteiger charge is -2.30. The van der Waals surface area contributed by atoms with Crippen molar-refractivity contribution in [1.82, 2.24) is 4.90 Å². The third-order valence-corrected chi connectivity index (χ3v) is 6.10. The first-order chi connectivity index (χ1) is 14.9. The van der Waals surface area contributed by atoms with Crippen molar-refractivity contribution in [3.8, 4) is 0 Å². The number of carbonyl (C=O) groups excluding carboxylic acids is 3. The molecule has 2 aliphatic rings. The van der Waals surface area contributed by atoms with Crippen LogP contribution in [0.3, 0.4) is 0 Å². The molecule has 2 aromatic rings. The highest BCUT2D eigenvalue weighted by atomic mass is 35.5. The predicted octanol–water partition coefficient (Wildman–Crippen LogP) is 3.88. The third-order valence-electron chi connectivity index (χ3n) is 5.60. The Balaban J connectivity index is 1.57. The molecule has 2 heterocycles. The molecule has 0 spiro atoms. The van der Waals surface area contributed by atoms with Crippen molar-refractivity contribution in [3.05, 3.63) is 64.1 Å². The van der Waals surface area contributed by atoms with E-state index in [2.05, 4.69) is 0 Å². The predicted molar refractivity (Wildman–Crippen MR) is 118 cm³/mol. The van der Waals surface area contributed by atoms with E-state index in [0.29, 0.717) is 22.3 Å². The van der Waals surface area contributed by atoms with E-state index in [9.17, 15) is 14.4 Å². The number of imide groups is 1. The summed E-state index contributed by atoms with van der Waals surface area (Å²) >= 11 is 11.9. The number of halogens is 2. The van der Waals surface area contributed by atoms with Crippen LogP contribution in [0.4, 0.5) is 5.69 Å². The molecule has 2 aliphatic heterocycles. The summed E-state index contributed by atoms with van der Waals surface area (Å²) < 4.78 is 5.71. The lowest BCUT2D eigenvalue weighted by Crippen LogP contribution is -2.49. The Morgan fingerprint density at radius 2 is 1.68 bits per heavy atom. The van der Waals surface area contributed by atoms with Gasteiger partial charge in [-0.25, -0.2) is 4.90 Å². The summed E-state index contributed by atoms with van der Waals surface area (Å²) in [6.45, 7) is 0.920. The summed E-state index contributed by atoms with van der Waals surface area (Å²) in [5.41, 5.74) is 1.24. The van der Waals surface area contributed by atoms with Crippen molar-refractivity contribution in [3.63, 3.8) is 0 Å². The standard InChI is InChI=1S/C23H22Cl2N2O4/c24-16-5-3-15(4-6-16)12-21(28)26(14-19-2-1-11-31-19)20-13-22(29)27(23(20)30)18-9-7-17(25)8-10-18/h3-10,19-20H,1-2,11-14H2. The monoisotopic (exact) mass is 460 g/mol. The molecule has 2 fully saturated rings. The van der Waals surface area contributed by atoms with Gasteiger partial charge in [0.2, 0.25) is 11.8 Å². The van der Waals surface area contributed by atoms with E-state index in [0.717, 1.165) is 23.3 Å². The number of hydrogen-bond donors (Lipinski definition) is 0. The summed E-state index contributed by atoms with van der Waals surface area (Å²) in [6, 6.07) is 12.7. The topological polar surface area (TPSA) is 66.9 Å². The van der Waals surface area contributed by atoms with Gasteiger partial charge in [-0.3, -0.25) is 14.4 Å². The van der Waals surface area contributed by atoms with Gasteiger partial charge in [-0.15, -0.1) is 0 Å². The smallest absolute Gasteiger partial charge is 0.257 e. The summed E-state index contributed by atoms with van der Waals surface area (Å²) in [5.74, 6) is -0.967. The van der Waals surface area contributed by atoms with E-state index in [4.69, 9.17) is 27.9 Å². The minimum Gasteiger partial charge on any atom is -0.376 e. The molecule has 0 aliphatic carbocycles. The summed E-state index contributed by atoms with van der Waals surface area (Å²) in [5, 5.41) is 1.10. The molecule has 0 radical (unpaired) electrons. The van der Waals surface area contributed by atoms with Crippen LogP contribution in [0.15, 0.2) is 48.5 Å². The second kappa shape index (κ2) is 9.39. The maximum Gasteiger partial charge on any atom is 0.257 e. The van der Waals surface area contributed by atoms with E-state index in [1.54, 1.807) is 48.5 Å². The molecule has 2 aromatic carbocycles. The molecule has 8 heteroatoms. The minimum atomic E-state index is -0.854. The fourth-order valence-electron chi connectivity index (χ4n) is 4.01. The highest BCUT2D eigenvalue weighted by Crippen LogP contribution is 2.28. The van der Waals surface area contributed by atoms with Crippen LogP contribution in [0, 0.1) is 0 Å². The third kappa shape index (κ3) is 4.92. The first-order valence-corrected chi connectivity index (χ1v) is 11.0. The molecule has 31 heavy (non-hydrogen) atoms. The SMILES string of the molecule is O=C1CC(N(CC2CCCO2)C(=O)Cc2ccc(Cl)cc2)C(=O)N1c1ccc(Cl)cc1. The van der Waals surface area contributed by atoms with Crippen LogP contribution < -0.4 is 4.90 Å². The zero-order valence-electron chi connectivity index (χ0n) is 16.8. The zero-order chi connectivity index (χ0) is 22.0. The van der Waals surface area contributed by atoms with Crippen LogP contribution in [0.25, 0.3) is 0 Å². The van der Waals surface area contributed by atoms with E-state index >= 15 is 0 Å². The van der Waals surface area contributed by atoms with Gasteiger partial charge in [-0.2, -0.15) is 0 Å². The van der Waals surface area contributed by atoms with Crippen molar-refractivity contribution in [2.24, 2.45) is 0 Å². The number of nitrogens with zero attached hydrogens (tertiary/aromatic N) is 2. The Bertz CT molecular complexity index is 972. The van der Waals surface area contributed by atoms with Gasteiger partial charge >= 0.3 is 0 Å². The molecule has 0 aromatic heterocycles. The molecular weight excluding hydrogens is 439 g/mol. The van der Waals surface area contributed by atoms with Crippen LogP contribution in [-0.2, 0) is 25.5 Å². The Morgan fingerprint density at radius 3 is 2.29 bits per heavy atom. The van der Waals surface area contributed by atoms with Gasteiger partial charge in [0.05, 0.1) is 24.6 Å². The van der Waals surface area contributed by atoms with Crippen LogP contribution >= 0.6 is 23.2 Å². The van der Waals surface area contributed by atoms with Crippen LogP contribution in [-0.4, -0.2) is 47.9 Å². The molecule has 3 amide bonds. The molecule has 6 nitrogen and oxygen atoms in total. The highest BCUT2D eigenvalue weighted by molar-refractivity contribution is 6.31. The maximum atomic E-state index is 13.3. The fraction of sp³-hybridized carbons (Fsp3) is 0.348. The molecule has 2 atom stereocenters. The van der Waals surface area contributed by atoms with Gasteiger partial charge < -0.3 is 9.64 Å². The minimum absolute atomic E-state index is 0.0550. The number of anilines is 1. The van der Waals surface area contributed by atoms with Gasteiger partial charge in [-0.05, 0) is 54.8 Å². The highest BCUT2D eigenvalue weighted by Gasteiger charge is 2.45. The summed E-state index contributed by atoms with van der Waals surface area (Å²) in [4.78, 5) is 41.9. The summed E-state index contributed by atoms with van der Waals surface area (Å²) in [6.07, 6.45) is 1.66. The van der Waals surface area contributed by atoms with E-state index < -0.39 is 11.9 Å². The van der Waals surface area contributed by atoms with Gasteiger partial charge in [0.15, 0.2) is 0 Å². The summed E-state index contributed by atoms with van der Waals surface area (Å²) in [7, 11) is 0. The second-order valence-electron chi connectivity index (χ2n) is 7.75. The largest absolute Gasteiger partial charge is 0.376 e. The van der Waals surface area contributed by atoms with Crippen LogP contribution in [0.1, 0.15) is 24.8 Å². The molecule has 0 bridgehead atoms. The molecule has 0 N–H and O–H groups in total. The van der Waals surface area contributed by atoms with Crippen molar-refractivity contribution in [2.75, 3.05) is 18.1 Å².